The molecule has 0 aromatic heterocycles. The van der Waals surface area contributed by atoms with Gasteiger partial charge in [0.2, 0.25) is 0 Å². The number of aryl methyl sites for hydroxylation is 1. The van der Waals surface area contributed by atoms with Crippen molar-refractivity contribution >= 4 is 43.0 Å². The van der Waals surface area contributed by atoms with Crippen LogP contribution in [0.15, 0.2) is 76.5 Å². The van der Waals surface area contributed by atoms with Crippen molar-refractivity contribution in [2.45, 2.75) is 16.7 Å². The fraction of sp³-hybridized carbons (Fsp3) is 0.100. The molecule has 7 nitrogen and oxygen atoms in total. The van der Waals surface area contributed by atoms with Gasteiger partial charge in [0.15, 0.2) is 0 Å². The van der Waals surface area contributed by atoms with E-state index in [2.05, 4.69) is 9.44 Å². The minimum Gasteiger partial charge on any atom is -0.497 e. The molecular weight excluding hydrogens is 448 g/mol. The molecule has 0 aliphatic heterocycles. The molecule has 0 atom stereocenters. The molecule has 0 aliphatic carbocycles. The molecule has 2 N–H and O–H groups in total. The molecule has 30 heavy (non-hydrogen) atoms. The van der Waals surface area contributed by atoms with E-state index in [0.717, 1.165) is 0 Å². The van der Waals surface area contributed by atoms with Crippen LogP contribution in [-0.2, 0) is 20.0 Å². The SMILES string of the molecule is COc1ccc(S(=O)(=O)Nc2ccc(C)c(S(=O)(=O)Nc3ccc(Cl)cc3)c2)cc1. The molecular formula is C20H19ClN2O5S2. The van der Waals surface area contributed by atoms with Crippen molar-refractivity contribution < 1.29 is 21.6 Å². The van der Waals surface area contributed by atoms with Gasteiger partial charge < -0.3 is 4.74 Å². The van der Waals surface area contributed by atoms with E-state index in [1.165, 1.54) is 61.7 Å². The Morgan fingerprint density at radius 2 is 1.33 bits per heavy atom. The third kappa shape index (κ3) is 5.05. The van der Waals surface area contributed by atoms with Crippen molar-refractivity contribution in [1.29, 1.82) is 0 Å². The van der Waals surface area contributed by atoms with Crippen molar-refractivity contribution in [2.75, 3.05) is 16.6 Å². The molecule has 0 radical (unpaired) electrons. The maximum absolute atomic E-state index is 12.8. The number of hydrogen-bond acceptors (Lipinski definition) is 5. The zero-order valence-corrected chi connectivity index (χ0v) is 18.5. The second kappa shape index (κ2) is 8.55. The summed E-state index contributed by atoms with van der Waals surface area (Å²) >= 11 is 5.83. The molecule has 3 rings (SSSR count). The molecule has 3 aromatic rings. The topological polar surface area (TPSA) is 102 Å². The standard InChI is InChI=1S/C20H19ClN2O5S2/c1-14-3-6-17(23-29(24,25)19-11-9-18(28-2)10-12-19)13-20(14)30(26,27)22-16-7-4-15(21)5-8-16/h3-13,22-23H,1-2H3. The summed E-state index contributed by atoms with van der Waals surface area (Å²) in [5, 5.41) is 0.476. The molecule has 3 aromatic carbocycles. The van der Waals surface area contributed by atoms with Crippen LogP contribution in [0.5, 0.6) is 5.75 Å². The Kier molecular flexibility index (Phi) is 6.25. The molecule has 0 saturated carbocycles. The van der Waals surface area contributed by atoms with Gasteiger partial charge in [-0.15, -0.1) is 0 Å². The van der Waals surface area contributed by atoms with E-state index >= 15 is 0 Å². The first-order valence-corrected chi connectivity index (χ1v) is 12.0. The first kappa shape index (κ1) is 21.9. The van der Waals surface area contributed by atoms with E-state index in [0.29, 0.717) is 22.0 Å². The van der Waals surface area contributed by atoms with Crippen LogP contribution in [0.3, 0.4) is 0 Å². The number of anilines is 2. The number of hydrogen-bond donors (Lipinski definition) is 2. The molecule has 158 valence electrons. The van der Waals surface area contributed by atoms with Gasteiger partial charge in [-0.3, -0.25) is 9.44 Å². The lowest BCUT2D eigenvalue weighted by Crippen LogP contribution is -2.16. The van der Waals surface area contributed by atoms with Gasteiger partial charge in [-0.05, 0) is 73.2 Å². The number of nitrogens with one attached hydrogen (secondary N) is 2. The Balaban J connectivity index is 1.89. The number of rotatable bonds is 7. The Morgan fingerprint density at radius 3 is 1.93 bits per heavy atom. The van der Waals surface area contributed by atoms with Crippen LogP contribution in [0.1, 0.15) is 5.56 Å². The van der Waals surface area contributed by atoms with Gasteiger partial charge in [0.05, 0.1) is 22.6 Å². The van der Waals surface area contributed by atoms with E-state index < -0.39 is 20.0 Å². The van der Waals surface area contributed by atoms with E-state index in [9.17, 15) is 16.8 Å². The van der Waals surface area contributed by atoms with Crippen molar-refractivity contribution in [3.05, 3.63) is 77.3 Å². The Hall–Kier alpha value is -2.75. The summed E-state index contributed by atoms with van der Waals surface area (Å²) in [7, 11) is -6.39. The number of benzene rings is 3. The Bertz CT molecular complexity index is 1260. The highest BCUT2D eigenvalue weighted by Crippen LogP contribution is 2.26. The third-order valence-corrected chi connectivity index (χ3v) is 7.37. The molecule has 0 amide bonds. The number of ether oxygens (including phenoxy) is 1. The summed E-state index contributed by atoms with van der Waals surface area (Å²) in [5.74, 6) is 0.519. The van der Waals surface area contributed by atoms with E-state index in [1.54, 1.807) is 19.1 Å². The lowest BCUT2D eigenvalue weighted by molar-refractivity contribution is 0.414. The van der Waals surface area contributed by atoms with Gasteiger partial charge >= 0.3 is 0 Å². The zero-order valence-electron chi connectivity index (χ0n) is 16.1. The van der Waals surface area contributed by atoms with Crippen LogP contribution in [0, 0.1) is 6.92 Å². The number of sulfonamides is 2. The van der Waals surface area contributed by atoms with Crippen LogP contribution in [0.25, 0.3) is 0 Å². The van der Waals surface area contributed by atoms with Crippen molar-refractivity contribution in [2.24, 2.45) is 0 Å². The largest absolute Gasteiger partial charge is 0.497 e. The predicted molar refractivity (Wildman–Crippen MR) is 117 cm³/mol. The summed E-state index contributed by atoms with van der Waals surface area (Å²) in [6, 6.07) is 16.3. The van der Waals surface area contributed by atoms with Crippen LogP contribution < -0.4 is 14.2 Å². The minimum absolute atomic E-state index is 0.0209. The highest BCUT2D eigenvalue weighted by molar-refractivity contribution is 7.93. The van der Waals surface area contributed by atoms with Crippen molar-refractivity contribution in [1.82, 2.24) is 0 Å². The predicted octanol–water partition coefficient (Wildman–Crippen LogP) is 4.26. The molecule has 0 fully saturated rings. The molecule has 0 aliphatic rings. The van der Waals surface area contributed by atoms with Gasteiger partial charge in [-0.2, -0.15) is 0 Å². The van der Waals surface area contributed by atoms with Crippen LogP contribution in [0.2, 0.25) is 5.02 Å². The molecule has 10 heteroatoms. The minimum atomic E-state index is -3.95. The lowest BCUT2D eigenvalue weighted by Gasteiger charge is -2.14. The van der Waals surface area contributed by atoms with Gasteiger partial charge in [-0.25, -0.2) is 16.8 Å². The highest BCUT2D eigenvalue weighted by Gasteiger charge is 2.20. The van der Waals surface area contributed by atoms with Crippen LogP contribution in [0.4, 0.5) is 11.4 Å². The van der Waals surface area contributed by atoms with E-state index in [1.807, 2.05) is 0 Å². The molecule has 0 saturated heterocycles. The third-order valence-electron chi connectivity index (χ3n) is 4.20. The first-order chi connectivity index (χ1) is 14.1. The van der Waals surface area contributed by atoms with E-state index in [4.69, 9.17) is 16.3 Å². The normalized spacial score (nSPS) is 11.7. The fourth-order valence-corrected chi connectivity index (χ4v) is 5.16. The monoisotopic (exact) mass is 466 g/mol. The summed E-state index contributed by atoms with van der Waals surface area (Å²) in [4.78, 5) is -0.0278. The fourth-order valence-electron chi connectivity index (χ4n) is 2.65. The molecule has 0 spiro atoms. The molecule has 0 bridgehead atoms. The summed E-state index contributed by atoms with van der Waals surface area (Å²) in [6.07, 6.45) is 0. The van der Waals surface area contributed by atoms with E-state index in [-0.39, 0.29) is 15.5 Å². The number of methoxy groups -OCH3 is 1. The van der Waals surface area contributed by atoms with Crippen LogP contribution >= 0.6 is 11.6 Å². The maximum Gasteiger partial charge on any atom is 0.262 e. The average Bonchev–Trinajstić information content (AvgIpc) is 2.71. The second-order valence-electron chi connectivity index (χ2n) is 6.37. The smallest absolute Gasteiger partial charge is 0.262 e. The quantitative estimate of drug-likeness (QED) is 0.541. The first-order valence-electron chi connectivity index (χ1n) is 8.67. The summed E-state index contributed by atoms with van der Waals surface area (Å²) < 4.78 is 60.8. The van der Waals surface area contributed by atoms with Gasteiger partial charge in [0, 0.05) is 10.7 Å². The Morgan fingerprint density at radius 1 is 0.767 bits per heavy atom. The zero-order chi connectivity index (χ0) is 21.9. The van der Waals surface area contributed by atoms with Gasteiger partial charge in [0.25, 0.3) is 20.0 Å². The highest BCUT2D eigenvalue weighted by atomic mass is 35.5. The lowest BCUT2D eigenvalue weighted by atomic mass is 10.2. The molecule has 0 heterocycles. The van der Waals surface area contributed by atoms with Gasteiger partial charge in [-0.1, -0.05) is 17.7 Å². The number of halogens is 1. The molecule has 0 unspecified atom stereocenters. The maximum atomic E-state index is 12.8. The summed E-state index contributed by atoms with van der Waals surface area (Å²) in [5.41, 5.74) is 0.916. The average molecular weight is 467 g/mol. The van der Waals surface area contributed by atoms with Crippen LogP contribution in [-0.4, -0.2) is 23.9 Å². The van der Waals surface area contributed by atoms with Crippen molar-refractivity contribution in [3.63, 3.8) is 0 Å². The van der Waals surface area contributed by atoms with Crippen molar-refractivity contribution in [3.8, 4) is 5.75 Å². The van der Waals surface area contributed by atoms with Gasteiger partial charge in [0.1, 0.15) is 5.75 Å². The Labute approximate surface area is 180 Å². The summed E-state index contributed by atoms with van der Waals surface area (Å²) in [6.45, 7) is 1.62. The second-order valence-corrected chi connectivity index (χ2v) is 10.1.